The Bertz CT molecular complexity index is 1150. The lowest BCUT2D eigenvalue weighted by Gasteiger charge is -2.27. The van der Waals surface area contributed by atoms with Crippen LogP contribution in [0, 0.1) is 0 Å². The molecule has 0 aromatic heterocycles. The molecule has 1 fully saturated rings. The molecule has 29 heavy (non-hydrogen) atoms. The molecule has 2 aromatic rings. The lowest BCUT2D eigenvalue weighted by atomic mass is 9.99. The van der Waals surface area contributed by atoms with Crippen LogP contribution in [0.2, 0.25) is 5.02 Å². The van der Waals surface area contributed by atoms with Gasteiger partial charge in [-0.3, -0.25) is 0 Å². The first-order valence-corrected chi connectivity index (χ1v) is 12.2. The van der Waals surface area contributed by atoms with Crippen LogP contribution in [0.25, 0.3) is 0 Å². The van der Waals surface area contributed by atoms with Gasteiger partial charge in [-0.1, -0.05) is 29.8 Å². The third kappa shape index (κ3) is 4.30. The van der Waals surface area contributed by atoms with Crippen molar-refractivity contribution in [3.05, 3.63) is 58.6 Å². The highest BCUT2D eigenvalue weighted by molar-refractivity contribution is 7.91. The van der Waals surface area contributed by atoms with E-state index in [1.807, 2.05) is 0 Å². The van der Waals surface area contributed by atoms with Gasteiger partial charge in [0.05, 0.1) is 21.5 Å². The van der Waals surface area contributed by atoms with Gasteiger partial charge in [0.15, 0.2) is 9.84 Å². The Labute approximate surface area is 172 Å². The molecule has 5 nitrogen and oxygen atoms in total. The SMILES string of the molecule is CS(=O)(=O)c1ccc(Cl)c(S(=O)(=O)N2CCCC2c2ccccc2C(F)(F)F)c1. The minimum Gasteiger partial charge on any atom is -0.224 e. The van der Waals surface area contributed by atoms with Crippen molar-refractivity contribution in [2.75, 3.05) is 12.8 Å². The standard InChI is InChI=1S/C18H17ClF3NO4S2/c1-28(24,25)12-8-9-15(19)17(11-12)29(26,27)23-10-4-7-16(23)13-5-2-3-6-14(13)18(20,21)22/h2-3,5-6,8-9,11,16H,4,7,10H2,1H3. The molecule has 0 N–H and O–H groups in total. The van der Waals surface area contributed by atoms with Crippen molar-refractivity contribution >= 4 is 31.5 Å². The van der Waals surface area contributed by atoms with Gasteiger partial charge in [0, 0.05) is 12.8 Å². The first-order chi connectivity index (χ1) is 13.3. The summed E-state index contributed by atoms with van der Waals surface area (Å²) < 4.78 is 91.4. The second-order valence-corrected chi connectivity index (χ2v) is 11.0. The highest BCUT2D eigenvalue weighted by atomic mass is 35.5. The summed E-state index contributed by atoms with van der Waals surface area (Å²) in [6, 6.07) is 7.08. The molecule has 11 heteroatoms. The minimum atomic E-state index is -4.64. The molecule has 1 atom stereocenters. The minimum absolute atomic E-state index is 0.00137. The topological polar surface area (TPSA) is 71.5 Å². The van der Waals surface area contributed by atoms with Crippen LogP contribution in [-0.4, -0.2) is 33.9 Å². The van der Waals surface area contributed by atoms with E-state index >= 15 is 0 Å². The van der Waals surface area contributed by atoms with E-state index in [-0.39, 0.29) is 28.4 Å². The molecule has 158 valence electrons. The number of halogens is 4. The summed E-state index contributed by atoms with van der Waals surface area (Å²) in [5, 5.41) is -0.202. The summed E-state index contributed by atoms with van der Waals surface area (Å²) in [6.45, 7) is -0.00137. The molecule has 1 saturated heterocycles. The van der Waals surface area contributed by atoms with Crippen molar-refractivity contribution in [3.63, 3.8) is 0 Å². The van der Waals surface area contributed by atoms with Gasteiger partial charge in [0.25, 0.3) is 0 Å². The molecule has 0 amide bonds. The predicted octanol–water partition coefficient (Wildman–Crippen LogP) is 4.29. The fraction of sp³-hybridized carbons (Fsp3) is 0.333. The number of hydrogen-bond acceptors (Lipinski definition) is 4. The van der Waals surface area contributed by atoms with E-state index in [2.05, 4.69) is 0 Å². The molecule has 0 bridgehead atoms. The fourth-order valence-corrected chi connectivity index (χ4v) is 6.32. The van der Waals surface area contributed by atoms with Crippen LogP contribution >= 0.6 is 11.6 Å². The zero-order valence-electron chi connectivity index (χ0n) is 15.1. The van der Waals surface area contributed by atoms with Gasteiger partial charge >= 0.3 is 6.18 Å². The number of hydrogen-bond donors (Lipinski definition) is 0. The van der Waals surface area contributed by atoms with Crippen molar-refractivity contribution in [2.45, 2.75) is 34.9 Å². The normalized spacial score (nSPS) is 18.9. The lowest BCUT2D eigenvalue weighted by Crippen LogP contribution is -2.32. The summed E-state index contributed by atoms with van der Waals surface area (Å²) in [5.41, 5.74) is -1.04. The van der Waals surface area contributed by atoms with Crippen molar-refractivity contribution in [2.24, 2.45) is 0 Å². The number of nitrogens with zero attached hydrogens (tertiary/aromatic N) is 1. The predicted molar refractivity (Wildman–Crippen MR) is 102 cm³/mol. The summed E-state index contributed by atoms with van der Waals surface area (Å²) in [7, 11) is -8.05. The summed E-state index contributed by atoms with van der Waals surface area (Å²) in [4.78, 5) is -0.689. The molecular formula is C18H17ClF3NO4S2. The maximum absolute atomic E-state index is 13.4. The third-order valence-corrected chi connectivity index (χ3v) is 8.25. The van der Waals surface area contributed by atoms with Crippen molar-refractivity contribution in [1.82, 2.24) is 4.31 Å². The van der Waals surface area contributed by atoms with E-state index in [1.54, 1.807) is 0 Å². The van der Waals surface area contributed by atoms with Gasteiger partial charge in [0.1, 0.15) is 4.90 Å². The molecule has 1 aliphatic rings. The van der Waals surface area contributed by atoms with Crippen molar-refractivity contribution in [1.29, 1.82) is 0 Å². The number of sulfonamides is 1. The van der Waals surface area contributed by atoms with Gasteiger partial charge in [-0.2, -0.15) is 17.5 Å². The number of rotatable bonds is 4. The zero-order valence-corrected chi connectivity index (χ0v) is 17.5. The van der Waals surface area contributed by atoms with E-state index in [1.165, 1.54) is 24.3 Å². The first kappa shape index (κ1) is 22.1. The molecule has 3 rings (SSSR count). The average molecular weight is 468 g/mol. The van der Waals surface area contributed by atoms with E-state index in [9.17, 15) is 30.0 Å². The summed E-state index contributed by atoms with van der Waals surface area (Å²) >= 11 is 6.03. The van der Waals surface area contributed by atoms with Crippen LogP contribution < -0.4 is 0 Å². The van der Waals surface area contributed by atoms with Crippen molar-refractivity contribution in [3.8, 4) is 0 Å². The largest absolute Gasteiger partial charge is 0.416 e. The molecule has 1 aliphatic heterocycles. The number of sulfone groups is 1. The Balaban J connectivity index is 2.12. The molecule has 0 radical (unpaired) electrons. The highest BCUT2D eigenvalue weighted by Crippen LogP contribution is 2.43. The summed E-state index contributed by atoms with van der Waals surface area (Å²) in [6.07, 6.45) is -3.15. The smallest absolute Gasteiger partial charge is 0.224 e. The van der Waals surface area contributed by atoms with Gasteiger partial charge in [-0.05, 0) is 42.7 Å². The first-order valence-electron chi connectivity index (χ1n) is 8.51. The van der Waals surface area contributed by atoms with Crippen LogP contribution in [0.5, 0.6) is 0 Å². The Kier molecular flexibility index (Phi) is 5.76. The van der Waals surface area contributed by atoms with E-state index in [0.29, 0.717) is 6.42 Å². The van der Waals surface area contributed by atoms with Crippen LogP contribution in [0.1, 0.15) is 30.0 Å². The molecule has 0 aliphatic carbocycles. The Hall–Kier alpha value is -1.62. The quantitative estimate of drug-likeness (QED) is 0.672. The Morgan fingerprint density at radius 1 is 1.07 bits per heavy atom. The molecular weight excluding hydrogens is 451 g/mol. The zero-order chi connectivity index (χ0) is 21.6. The molecule has 1 unspecified atom stereocenters. The maximum Gasteiger partial charge on any atom is 0.416 e. The van der Waals surface area contributed by atoms with Crippen LogP contribution in [0.3, 0.4) is 0 Å². The van der Waals surface area contributed by atoms with Gasteiger partial charge in [-0.25, -0.2) is 16.8 Å². The Morgan fingerprint density at radius 3 is 2.34 bits per heavy atom. The lowest BCUT2D eigenvalue weighted by molar-refractivity contribution is -0.138. The average Bonchev–Trinajstić information content (AvgIpc) is 3.10. The summed E-state index contributed by atoms with van der Waals surface area (Å²) in [5.74, 6) is 0. The molecule has 1 heterocycles. The van der Waals surface area contributed by atoms with E-state index in [0.717, 1.165) is 28.8 Å². The number of benzene rings is 2. The second kappa shape index (κ2) is 7.57. The second-order valence-electron chi connectivity index (χ2n) is 6.72. The monoisotopic (exact) mass is 467 g/mol. The third-order valence-electron chi connectivity index (χ3n) is 4.75. The highest BCUT2D eigenvalue weighted by Gasteiger charge is 2.42. The molecule has 0 saturated carbocycles. The van der Waals surface area contributed by atoms with Crippen molar-refractivity contribution < 1.29 is 30.0 Å². The van der Waals surface area contributed by atoms with Crippen LogP contribution in [-0.2, 0) is 26.0 Å². The van der Waals surface area contributed by atoms with Crippen LogP contribution in [0.4, 0.5) is 13.2 Å². The van der Waals surface area contributed by atoms with Gasteiger partial charge in [-0.15, -0.1) is 0 Å². The molecule has 2 aromatic carbocycles. The van der Waals surface area contributed by atoms with Crippen LogP contribution in [0.15, 0.2) is 52.3 Å². The number of alkyl halides is 3. The maximum atomic E-state index is 13.4. The van der Waals surface area contributed by atoms with Gasteiger partial charge < -0.3 is 0 Å². The Morgan fingerprint density at radius 2 is 1.72 bits per heavy atom. The van der Waals surface area contributed by atoms with Gasteiger partial charge in [0.2, 0.25) is 10.0 Å². The van der Waals surface area contributed by atoms with E-state index in [4.69, 9.17) is 11.6 Å². The van der Waals surface area contributed by atoms with E-state index < -0.39 is 42.5 Å². The molecule has 0 spiro atoms. The fourth-order valence-electron chi connectivity index (χ4n) is 3.42.